The van der Waals surface area contributed by atoms with Crippen LogP contribution in [0.1, 0.15) is 38.4 Å². The van der Waals surface area contributed by atoms with E-state index >= 15 is 0 Å². The molecule has 2 unspecified atom stereocenters. The van der Waals surface area contributed by atoms with E-state index in [0.29, 0.717) is 11.4 Å². The maximum Gasteiger partial charge on any atom is 0.309 e. The summed E-state index contributed by atoms with van der Waals surface area (Å²) in [5.74, 6) is -0.387. The van der Waals surface area contributed by atoms with Crippen LogP contribution in [0.2, 0.25) is 5.02 Å². The molecule has 132 valence electrons. The Labute approximate surface area is 151 Å². The van der Waals surface area contributed by atoms with Gasteiger partial charge in [0.2, 0.25) is 0 Å². The quantitative estimate of drug-likeness (QED) is 0.846. The summed E-state index contributed by atoms with van der Waals surface area (Å²) in [6.45, 7) is 4.03. The van der Waals surface area contributed by atoms with E-state index in [1.165, 1.54) is 0 Å². The number of benzene rings is 1. The molecule has 1 aliphatic rings. The van der Waals surface area contributed by atoms with E-state index in [1.54, 1.807) is 18.2 Å². The minimum absolute atomic E-state index is 0.0475. The average molecular weight is 362 g/mol. The first-order valence-electron chi connectivity index (χ1n) is 8.21. The standard InChI is InChI=1S/C18H20ClN3O3/c1-11(2)22-16(8-7-15-9-14(23)10-17(24)25-15)18(20-21-22)12-3-5-13(19)6-4-12/h3-8,11,14-15,23H,9-10H2,1-2H3. The summed E-state index contributed by atoms with van der Waals surface area (Å²) in [5.41, 5.74) is 2.44. The minimum atomic E-state index is -0.667. The molecule has 1 fully saturated rings. The van der Waals surface area contributed by atoms with E-state index in [2.05, 4.69) is 10.3 Å². The molecule has 3 rings (SSSR count). The first-order chi connectivity index (χ1) is 11.9. The fourth-order valence-electron chi connectivity index (χ4n) is 2.78. The van der Waals surface area contributed by atoms with Gasteiger partial charge in [-0.15, -0.1) is 5.10 Å². The number of aromatic nitrogens is 3. The van der Waals surface area contributed by atoms with Crippen LogP contribution in [0.25, 0.3) is 17.3 Å². The number of rotatable bonds is 4. The second kappa shape index (κ2) is 7.37. The summed E-state index contributed by atoms with van der Waals surface area (Å²) >= 11 is 5.96. The van der Waals surface area contributed by atoms with Gasteiger partial charge in [-0.25, -0.2) is 4.68 Å². The van der Waals surface area contributed by atoms with Crippen LogP contribution >= 0.6 is 11.6 Å². The number of nitrogens with zero attached hydrogens (tertiary/aromatic N) is 3. The molecular weight excluding hydrogens is 342 g/mol. The maximum atomic E-state index is 11.5. The van der Waals surface area contributed by atoms with Gasteiger partial charge in [-0.3, -0.25) is 4.79 Å². The topological polar surface area (TPSA) is 77.2 Å². The third kappa shape index (κ3) is 4.08. The molecule has 7 heteroatoms. The van der Waals surface area contributed by atoms with E-state index in [9.17, 15) is 9.90 Å². The van der Waals surface area contributed by atoms with E-state index < -0.39 is 12.2 Å². The molecule has 2 atom stereocenters. The fraction of sp³-hybridized carbons (Fsp3) is 0.389. The zero-order valence-corrected chi connectivity index (χ0v) is 14.8. The highest BCUT2D eigenvalue weighted by atomic mass is 35.5. The summed E-state index contributed by atoms with van der Waals surface area (Å²) in [7, 11) is 0. The lowest BCUT2D eigenvalue weighted by molar-refractivity contribution is -0.156. The van der Waals surface area contributed by atoms with E-state index in [0.717, 1.165) is 17.0 Å². The van der Waals surface area contributed by atoms with Crippen LogP contribution < -0.4 is 0 Å². The van der Waals surface area contributed by atoms with Gasteiger partial charge in [0.1, 0.15) is 11.8 Å². The maximum absolute atomic E-state index is 11.5. The van der Waals surface area contributed by atoms with Gasteiger partial charge in [-0.2, -0.15) is 0 Å². The summed E-state index contributed by atoms with van der Waals surface area (Å²) in [6, 6.07) is 7.50. The Hall–Kier alpha value is -2.18. The lowest BCUT2D eigenvalue weighted by Crippen LogP contribution is -2.31. The number of aliphatic hydroxyl groups is 1. The van der Waals surface area contributed by atoms with Crippen molar-refractivity contribution >= 4 is 23.6 Å². The van der Waals surface area contributed by atoms with Crippen molar-refractivity contribution in [1.29, 1.82) is 0 Å². The number of carbonyl (C=O) groups excluding carboxylic acids is 1. The Kier molecular flexibility index (Phi) is 5.20. The number of carbonyl (C=O) groups is 1. The first-order valence-corrected chi connectivity index (χ1v) is 8.58. The molecule has 0 aliphatic carbocycles. The smallest absolute Gasteiger partial charge is 0.309 e. The Morgan fingerprint density at radius 2 is 2.08 bits per heavy atom. The van der Waals surface area contributed by atoms with Crippen LogP contribution in [-0.4, -0.2) is 38.3 Å². The predicted octanol–water partition coefficient (Wildman–Crippen LogP) is 3.26. The molecule has 0 radical (unpaired) electrons. The molecule has 1 aromatic heterocycles. The highest BCUT2D eigenvalue weighted by molar-refractivity contribution is 6.30. The minimum Gasteiger partial charge on any atom is -0.458 e. The van der Waals surface area contributed by atoms with E-state index in [-0.39, 0.29) is 18.4 Å². The third-order valence-corrected chi connectivity index (χ3v) is 4.25. The Morgan fingerprint density at radius 1 is 1.36 bits per heavy atom. The van der Waals surface area contributed by atoms with Crippen LogP contribution in [0.4, 0.5) is 0 Å². The molecule has 1 saturated heterocycles. The van der Waals surface area contributed by atoms with Gasteiger partial charge in [-0.1, -0.05) is 28.9 Å². The Balaban J connectivity index is 1.93. The molecule has 1 aliphatic heterocycles. The second-order valence-corrected chi connectivity index (χ2v) is 6.79. The molecule has 0 bridgehead atoms. The SMILES string of the molecule is CC(C)n1nnc(-c2ccc(Cl)cc2)c1C=CC1CC(O)CC(=O)O1. The molecule has 0 spiro atoms. The van der Waals surface area contributed by atoms with Crippen molar-refractivity contribution in [3.8, 4) is 11.3 Å². The van der Waals surface area contributed by atoms with Gasteiger partial charge >= 0.3 is 5.97 Å². The largest absolute Gasteiger partial charge is 0.458 e. The van der Waals surface area contributed by atoms with Gasteiger partial charge in [0.25, 0.3) is 0 Å². The van der Waals surface area contributed by atoms with Crippen molar-refractivity contribution in [2.24, 2.45) is 0 Å². The highest BCUT2D eigenvalue weighted by Crippen LogP contribution is 2.26. The van der Waals surface area contributed by atoms with Crippen LogP contribution in [0.5, 0.6) is 0 Å². The van der Waals surface area contributed by atoms with E-state index in [1.807, 2.05) is 36.7 Å². The molecule has 1 N–H and O–H groups in total. The summed E-state index contributed by atoms with van der Waals surface area (Å²) in [4.78, 5) is 11.5. The van der Waals surface area contributed by atoms with Crippen molar-refractivity contribution in [3.05, 3.63) is 41.1 Å². The first kappa shape index (κ1) is 17.6. The molecule has 2 aromatic rings. The van der Waals surface area contributed by atoms with Gasteiger partial charge < -0.3 is 9.84 Å². The molecule has 25 heavy (non-hydrogen) atoms. The monoisotopic (exact) mass is 361 g/mol. The lowest BCUT2D eigenvalue weighted by atomic mass is 10.0. The number of halogens is 1. The normalized spacial score (nSPS) is 21.1. The van der Waals surface area contributed by atoms with Crippen molar-refractivity contribution < 1.29 is 14.6 Å². The third-order valence-electron chi connectivity index (χ3n) is 4.00. The second-order valence-electron chi connectivity index (χ2n) is 6.35. The van der Waals surface area contributed by atoms with Crippen molar-refractivity contribution in [2.75, 3.05) is 0 Å². The Morgan fingerprint density at radius 3 is 2.72 bits per heavy atom. The van der Waals surface area contributed by atoms with Gasteiger partial charge in [0.15, 0.2) is 0 Å². The van der Waals surface area contributed by atoms with Crippen molar-refractivity contribution in [3.63, 3.8) is 0 Å². The molecule has 0 amide bonds. The zero-order chi connectivity index (χ0) is 18.0. The fourth-order valence-corrected chi connectivity index (χ4v) is 2.90. The number of esters is 1. The molecule has 6 nitrogen and oxygen atoms in total. The van der Waals surface area contributed by atoms with Crippen LogP contribution in [-0.2, 0) is 9.53 Å². The predicted molar refractivity (Wildman–Crippen MR) is 95.0 cm³/mol. The molecule has 2 heterocycles. The highest BCUT2D eigenvalue weighted by Gasteiger charge is 2.25. The average Bonchev–Trinajstić information content (AvgIpc) is 2.97. The van der Waals surface area contributed by atoms with Crippen molar-refractivity contribution in [1.82, 2.24) is 15.0 Å². The number of cyclic esters (lactones) is 1. The number of aliphatic hydroxyl groups excluding tert-OH is 1. The Bertz CT molecular complexity index is 783. The van der Waals surface area contributed by atoms with Crippen molar-refractivity contribution in [2.45, 2.75) is 44.9 Å². The summed E-state index contributed by atoms with van der Waals surface area (Å²) in [6.07, 6.45) is 2.94. The van der Waals surface area contributed by atoms with Gasteiger partial charge in [0.05, 0.1) is 18.2 Å². The summed E-state index contributed by atoms with van der Waals surface area (Å²) < 4.78 is 7.07. The number of hydrogen-bond acceptors (Lipinski definition) is 5. The van der Waals surface area contributed by atoms with Gasteiger partial charge in [0, 0.05) is 23.0 Å². The zero-order valence-electron chi connectivity index (χ0n) is 14.1. The number of hydrogen-bond donors (Lipinski definition) is 1. The lowest BCUT2D eigenvalue weighted by Gasteiger charge is -2.23. The van der Waals surface area contributed by atoms with E-state index in [4.69, 9.17) is 16.3 Å². The number of ether oxygens (including phenoxy) is 1. The van der Waals surface area contributed by atoms with Crippen LogP contribution in [0, 0.1) is 0 Å². The van der Waals surface area contributed by atoms with Crippen LogP contribution in [0.15, 0.2) is 30.3 Å². The van der Waals surface area contributed by atoms with Crippen LogP contribution in [0.3, 0.4) is 0 Å². The van der Waals surface area contributed by atoms with Gasteiger partial charge in [-0.05, 0) is 38.1 Å². The molecular formula is C18H20ClN3O3. The molecule has 1 aromatic carbocycles. The molecule has 0 saturated carbocycles. The summed E-state index contributed by atoms with van der Waals surface area (Å²) in [5, 5.41) is 18.9.